The molecule has 0 amide bonds. The van der Waals surface area contributed by atoms with Crippen LogP contribution < -0.4 is 9.64 Å². The maximum atomic E-state index is 6.32. The first-order chi connectivity index (χ1) is 23.8. The maximum absolute atomic E-state index is 6.32. The molecular formula is C46H31NO. The van der Waals surface area contributed by atoms with E-state index < -0.39 is 0 Å². The van der Waals surface area contributed by atoms with Crippen molar-refractivity contribution < 1.29 is 4.74 Å². The fourth-order valence-corrected chi connectivity index (χ4v) is 6.97. The van der Waals surface area contributed by atoms with Crippen LogP contribution in [0.25, 0.3) is 55.3 Å². The van der Waals surface area contributed by atoms with Crippen LogP contribution in [0, 0.1) is 0 Å². The van der Waals surface area contributed by atoms with Crippen molar-refractivity contribution in [2.45, 2.75) is 0 Å². The molecule has 48 heavy (non-hydrogen) atoms. The van der Waals surface area contributed by atoms with E-state index in [1.807, 2.05) is 6.07 Å². The van der Waals surface area contributed by atoms with Crippen molar-refractivity contribution in [3.8, 4) is 56.0 Å². The fraction of sp³-hybridized carbons (Fsp3) is 0. The second kappa shape index (κ2) is 11.8. The molecule has 1 aliphatic heterocycles. The third-order valence-corrected chi connectivity index (χ3v) is 9.24. The summed E-state index contributed by atoms with van der Waals surface area (Å²) in [4.78, 5) is 2.38. The molecule has 226 valence electrons. The third kappa shape index (κ3) is 4.92. The standard InChI is InChI=1S/C46H31NO/c1-3-13-32(14-4-1)33-25-27-38(28-26-33)47(43-22-9-7-20-40(43)34-15-5-2-6-16-34)39-19-11-17-35(30-39)37-29-36-18-12-24-45-46(36)42(31-37)41-21-8-10-23-44(41)48-45/h1-31H. The zero-order valence-electron chi connectivity index (χ0n) is 26.3. The molecule has 2 nitrogen and oxygen atoms in total. The number of nitrogens with zero attached hydrogens (tertiary/aromatic N) is 1. The Morgan fingerprint density at radius 1 is 0.333 bits per heavy atom. The minimum atomic E-state index is 0.894. The molecule has 1 aliphatic rings. The van der Waals surface area contributed by atoms with Crippen molar-refractivity contribution in [1.29, 1.82) is 0 Å². The largest absolute Gasteiger partial charge is 0.456 e. The van der Waals surface area contributed by atoms with Gasteiger partial charge in [0.15, 0.2) is 0 Å². The van der Waals surface area contributed by atoms with E-state index >= 15 is 0 Å². The lowest BCUT2D eigenvalue weighted by Crippen LogP contribution is -2.11. The highest BCUT2D eigenvalue weighted by molar-refractivity contribution is 6.06. The Balaban J connectivity index is 1.21. The van der Waals surface area contributed by atoms with Crippen molar-refractivity contribution in [2.24, 2.45) is 0 Å². The average Bonchev–Trinajstić information content (AvgIpc) is 3.16. The highest BCUT2D eigenvalue weighted by Gasteiger charge is 2.22. The van der Waals surface area contributed by atoms with Gasteiger partial charge in [0.2, 0.25) is 0 Å². The molecule has 8 aromatic carbocycles. The van der Waals surface area contributed by atoms with Crippen molar-refractivity contribution in [1.82, 2.24) is 0 Å². The SMILES string of the molecule is c1ccc(-c2ccc(N(c3cccc(-c4cc5c6c(cccc6c4)Oc4ccccc4-5)c3)c3ccccc3-c3ccccc3)cc2)cc1. The molecule has 9 rings (SSSR count). The number of benzene rings is 8. The van der Waals surface area contributed by atoms with Crippen LogP contribution in [-0.2, 0) is 0 Å². The van der Waals surface area contributed by atoms with Gasteiger partial charge in [-0.3, -0.25) is 0 Å². The summed E-state index contributed by atoms with van der Waals surface area (Å²) in [6.07, 6.45) is 0. The van der Waals surface area contributed by atoms with Crippen LogP contribution in [0.15, 0.2) is 188 Å². The maximum Gasteiger partial charge on any atom is 0.135 e. The van der Waals surface area contributed by atoms with Crippen LogP contribution in [0.1, 0.15) is 0 Å². The topological polar surface area (TPSA) is 12.5 Å². The van der Waals surface area contributed by atoms with Gasteiger partial charge in [0.1, 0.15) is 11.5 Å². The molecule has 0 saturated carbocycles. The summed E-state index contributed by atoms with van der Waals surface area (Å²) in [7, 11) is 0. The van der Waals surface area contributed by atoms with E-state index in [9.17, 15) is 0 Å². The minimum absolute atomic E-state index is 0.894. The summed E-state index contributed by atoms with van der Waals surface area (Å²) >= 11 is 0. The number of hydrogen-bond donors (Lipinski definition) is 0. The first-order valence-electron chi connectivity index (χ1n) is 16.3. The van der Waals surface area contributed by atoms with Crippen molar-refractivity contribution in [2.75, 3.05) is 4.90 Å². The van der Waals surface area contributed by atoms with Crippen molar-refractivity contribution in [3.63, 3.8) is 0 Å². The van der Waals surface area contributed by atoms with Crippen LogP contribution >= 0.6 is 0 Å². The van der Waals surface area contributed by atoms with E-state index in [4.69, 9.17) is 4.74 Å². The molecular weight excluding hydrogens is 583 g/mol. The van der Waals surface area contributed by atoms with Crippen LogP contribution in [0.4, 0.5) is 17.1 Å². The summed E-state index contributed by atoms with van der Waals surface area (Å²) < 4.78 is 6.32. The molecule has 0 saturated heterocycles. The Hall–Kier alpha value is -6.38. The summed E-state index contributed by atoms with van der Waals surface area (Å²) in [6, 6.07) is 66.9. The number of ether oxygens (including phenoxy) is 1. The molecule has 8 aromatic rings. The highest BCUT2D eigenvalue weighted by atomic mass is 16.5. The Morgan fingerprint density at radius 2 is 0.958 bits per heavy atom. The van der Waals surface area contributed by atoms with Crippen molar-refractivity contribution in [3.05, 3.63) is 188 Å². The third-order valence-electron chi connectivity index (χ3n) is 9.24. The lowest BCUT2D eigenvalue weighted by molar-refractivity contribution is 0.487. The Morgan fingerprint density at radius 3 is 1.77 bits per heavy atom. The predicted molar refractivity (Wildman–Crippen MR) is 200 cm³/mol. The highest BCUT2D eigenvalue weighted by Crippen LogP contribution is 2.48. The Kier molecular flexibility index (Phi) is 6.84. The number of hydrogen-bond acceptors (Lipinski definition) is 2. The van der Waals surface area contributed by atoms with Gasteiger partial charge in [-0.15, -0.1) is 0 Å². The molecule has 0 unspecified atom stereocenters. The quantitative estimate of drug-likeness (QED) is 0.185. The van der Waals surface area contributed by atoms with Crippen LogP contribution in [-0.4, -0.2) is 0 Å². The van der Waals surface area contributed by atoms with E-state index in [0.717, 1.165) is 45.1 Å². The zero-order valence-corrected chi connectivity index (χ0v) is 26.3. The first-order valence-corrected chi connectivity index (χ1v) is 16.3. The van der Waals surface area contributed by atoms with Gasteiger partial charge in [-0.1, -0.05) is 133 Å². The van der Waals surface area contributed by atoms with Gasteiger partial charge in [0.05, 0.1) is 5.69 Å². The van der Waals surface area contributed by atoms with Crippen molar-refractivity contribution >= 4 is 27.8 Å². The smallest absolute Gasteiger partial charge is 0.135 e. The van der Waals surface area contributed by atoms with Gasteiger partial charge in [-0.2, -0.15) is 0 Å². The molecule has 2 heteroatoms. The van der Waals surface area contributed by atoms with E-state index in [1.54, 1.807) is 0 Å². The predicted octanol–water partition coefficient (Wildman–Crippen LogP) is 13.1. The second-order valence-corrected chi connectivity index (χ2v) is 12.2. The molecule has 0 radical (unpaired) electrons. The van der Waals surface area contributed by atoms with Gasteiger partial charge < -0.3 is 9.64 Å². The van der Waals surface area contributed by atoms with Crippen LogP contribution in [0.2, 0.25) is 0 Å². The molecule has 1 heterocycles. The van der Waals surface area contributed by atoms with Gasteiger partial charge in [-0.25, -0.2) is 0 Å². The first kappa shape index (κ1) is 27.9. The molecule has 0 N–H and O–H groups in total. The molecule has 0 fully saturated rings. The zero-order chi connectivity index (χ0) is 31.9. The lowest BCUT2D eigenvalue weighted by atomic mass is 9.90. The fourth-order valence-electron chi connectivity index (χ4n) is 6.97. The van der Waals surface area contributed by atoms with Gasteiger partial charge in [0.25, 0.3) is 0 Å². The van der Waals surface area contributed by atoms with Crippen LogP contribution in [0.3, 0.4) is 0 Å². The molecule has 0 spiro atoms. The summed E-state index contributed by atoms with van der Waals surface area (Å²) in [5.41, 5.74) is 12.7. The normalized spacial score (nSPS) is 11.5. The van der Waals surface area contributed by atoms with E-state index in [0.29, 0.717) is 0 Å². The van der Waals surface area contributed by atoms with Gasteiger partial charge in [-0.05, 0) is 93.4 Å². The molecule has 0 aromatic heterocycles. The molecule has 0 aliphatic carbocycles. The van der Waals surface area contributed by atoms with E-state index in [1.165, 1.54) is 38.8 Å². The number of fused-ring (bicyclic) bond motifs is 2. The second-order valence-electron chi connectivity index (χ2n) is 12.2. The summed E-state index contributed by atoms with van der Waals surface area (Å²) in [5, 5.41) is 2.33. The molecule has 0 atom stereocenters. The van der Waals surface area contributed by atoms with Gasteiger partial charge >= 0.3 is 0 Å². The Labute approximate surface area is 280 Å². The number of anilines is 3. The Bertz CT molecular complexity index is 2410. The average molecular weight is 614 g/mol. The number of para-hydroxylation sites is 2. The van der Waals surface area contributed by atoms with Gasteiger partial charge in [0, 0.05) is 27.9 Å². The summed E-state index contributed by atoms with van der Waals surface area (Å²) in [5.74, 6) is 1.80. The monoisotopic (exact) mass is 613 g/mol. The summed E-state index contributed by atoms with van der Waals surface area (Å²) in [6.45, 7) is 0. The number of rotatable bonds is 6. The van der Waals surface area contributed by atoms with Crippen LogP contribution in [0.5, 0.6) is 11.5 Å². The van der Waals surface area contributed by atoms with E-state index in [2.05, 4.69) is 187 Å². The molecule has 0 bridgehead atoms. The lowest BCUT2D eigenvalue weighted by Gasteiger charge is -2.28. The van der Waals surface area contributed by atoms with E-state index in [-0.39, 0.29) is 0 Å². The minimum Gasteiger partial charge on any atom is -0.456 e.